The Labute approximate surface area is 103 Å². The van der Waals surface area contributed by atoms with Gasteiger partial charge in [0.05, 0.1) is 12.2 Å². The van der Waals surface area contributed by atoms with Crippen LogP contribution in [0.2, 0.25) is 0 Å². The van der Waals surface area contributed by atoms with Crippen LogP contribution in [0, 0.1) is 5.82 Å². The van der Waals surface area contributed by atoms with E-state index in [4.69, 9.17) is 14.4 Å². The Morgan fingerprint density at radius 3 is 3.00 bits per heavy atom. The summed E-state index contributed by atoms with van der Waals surface area (Å²) in [4.78, 5) is 4.06. The molecule has 0 bridgehead atoms. The molecule has 96 valence electrons. The van der Waals surface area contributed by atoms with Gasteiger partial charge in [-0.2, -0.15) is 4.98 Å². The first-order valence-corrected chi connectivity index (χ1v) is 5.60. The van der Waals surface area contributed by atoms with E-state index in [0.29, 0.717) is 25.5 Å². The number of rotatable bonds is 5. The number of benzene rings is 1. The number of aromatic hydroxyl groups is 1. The maximum atomic E-state index is 13.5. The molecule has 0 aliphatic carbocycles. The maximum absolute atomic E-state index is 13.5. The van der Waals surface area contributed by atoms with Gasteiger partial charge in [-0.05, 0) is 19.1 Å². The molecule has 1 N–H and O–H groups in total. The van der Waals surface area contributed by atoms with Gasteiger partial charge in [-0.15, -0.1) is 0 Å². The van der Waals surface area contributed by atoms with Gasteiger partial charge >= 0.3 is 0 Å². The van der Waals surface area contributed by atoms with Crippen LogP contribution in [0.4, 0.5) is 4.39 Å². The number of halogens is 1. The highest BCUT2D eigenvalue weighted by Gasteiger charge is 2.13. The first-order chi connectivity index (χ1) is 8.70. The van der Waals surface area contributed by atoms with Crippen molar-refractivity contribution in [1.82, 2.24) is 10.1 Å². The molecule has 0 saturated carbocycles. The lowest BCUT2D eigenvalue weighted by molar-refractivity contribution is 0.149. The quantitative estimate of drug-likeness (QED) is 0.826. The maximum Gasteiger partial charge on any atom is 0.260 e. The minimum absolute atomic E-state index is 0.0963. The second kappa shape index (κ2) is 5.59. The molecule has 0 spiro atoms. The van der Waals surface area contributed by atoms with Crippen LogP contribution in [-0.4, -0.2) is 28.5 Å². The summed E-state index contributed by atoms with van der Waals surface area (Å²) in [6.07, 6.45) is 0.511. The van der Waals surface area contributed by atoms with Gasteiger partial charge in [0.2, 0.25) is 0 Å². The van der Waals surface area contributed by atoms with Crippen LogP contribution in [0.5, 0.6) is 5.75 Å². The zero-order valence-electron chi connectivity index (χ0n) is 9.89. The average Bonchev–Trinajstić information content (AvgIpc) is 2.78. The van der Waals surface area contributed by atoms with Crippen molar-refractivity contribution < 1.29 is 18.8 Å². The van der Waals surface area contributed by atoms with Crippen LogP contribution in [0.3, 0.4) is 0 Å². The van der Waals surface area contributed by atoms with E-state index in [1.807, 2.05) is 6.92 Å². The van der Waals surface area contributed by atoms with Crippen molar-refractivity contribution in [2.24, 2.45) is 0 Å². The number of hydrogen-bond acceptors (Lipinski definition) is 5. The average molecular weight is 252 g/mol. The summed E-state index contributed by atoms with van der Waals surface area (Å²) < 4.78 is 23.7. The van der Waals surface area contributed by atoms with Crippen LogP contribution in [0.25, 0.3) is 11.5 Å². The number of aromatic nitrogens is 2. The molecule has 1 aromatic heterocycles. The number of nitrogens with zero attached hydrogens (tertiary/aromatic N) is 2. The normalized spacial score (nSPS) is 10.8. The molecule has 0 aliphatic heterocycles. The highest BCUT2D eigenvalue weighted by Crippen LogP contribution is 2.24. The lowest BCUT2D eigenvalue weighted by atomic mass is 10.2. The fourth-order valence-electron chi connectivity index (χ4n) is 1.45. The van der Waals surface area contributed by atoms with E-state index < -0.39 is 5.82 Å². The van der Waals surface area contributed by atoms with Gasteiger partial charge in [0.1, 0.15) is 11.6 Å². The van der Waals surface area contributed by atoms with Crippen molar-refractivity contribution in [3.05, 3.63) is 29.8 Å². The summed E-state index contributed by atoms with van der Waals surface area (Å²) in [6, 6.07) is 3.76. The van der Waals surface area contributed by atoms with Gasteiger partial charge in [0.15, 0.2) is 5.82 Å². The second-order valence-electron chi connectivity index (χ2n) is 3.63. The minimum atomic E-state index is -0.602. The molecule has 1 heterocycles. The van der Waals surface area contributed by atoms with Crippen LogP contribution in [0.1, 0.15) is 12.7 Å². The zero-order valence-corrected chi connectivity index (χ0v) is 9.89. The molecule has 0 fully saturated rings. The minimum Gasteiger partial charge on any atom is -0.508 e. The monoisotopic (exact) mass is 252 g/mol. The molecule has 0 atom stereocenters. The third kappa shape index (κ3) is 2.84. The van der Waals surface area contributed by atoms with E-state index in [2.05, 4.69) is 10.1 Å². The summed E-state index contributed by atoms with van der Waals surface area (Å²) in [5.41, 5.74) is 0.169. The molecule has 0 radical (unpaired) electrons. The van der Waals surface area contributed by atoms with Crippen molar-refractivity contribution >= 4 is 0 Å². The third-order valence-corrected chi connectivity index (χ3v) is 2.33. The molecule has 0 unspecified atom stereocenters. The molecule has 0 saturated heterocycles. The third-order valence-electron chi connectivity index (χ3n) is 2.33. The van der Waals surface area contributed by atoms with Crippen molar-refractivity contribution in [2.45, 2.75) is 13.3 Å². The molecule has 1 aromatic carbocycles. The molecule has 0 amide bonds. The molecular formula is C12H13FN2O3. The van der Waals surface area contributed by atoms with E-state index in [-0.39, 0.29) is 17.2 Å². The van der Waals surface area contributed by atoms with Crippen molar-refractivity contribution in [2.75, 3.05) is 13.2 Å². The van der Waals surface area contributed by atoms with Crippen LogP contribution in [0.15, 0.2) is 22.7 Å². The van der Waals surface area contributed by atoms with E-state index >= 15 is 0 Å². The molecular weight excluding hydrogens is 239 g/mol. The second-order valence-corrected chi connectivity index (χ2v) is 3.63. The first-order valence-electron chi connectivity index (χ1n) is 5.60. The molecule has 18 heavy (non-hydrogen) atoms. The molecule has 2 rings (SSSR count). The Balaban J connectivity index is 2.13. The Morgan fingerprint density at radius 2 is 2.28 bits per heavy atom. The van der Waals surface area contributed by atoms with Gasteiger partial charge in [-0.1, -0.05) is 5.16 Å². The lowest BCUT2D eigenvalue weighted by Crippen LogP contribution is -1.99. The van der Waals surface area contributed by atoms with Crippen LogP contribution < -0.4 is 0 Å². The first kappa shape index (κ1) is 12.5. The Kier molecular flexibility index (Phi) is 3.88. The van der Waals surface area contributed by atoms with Gasteiger partial charge in [-0.25, -0.2) is 4.39 Å². The standard InChI is InChI=1S/C12H13FN2O3/c1-2-17-6-5-11-14-12(18-15-11)9-4-3-8(16)7-10(9)13/h3-4,7,16H,2,5-6H2,1H3. The predicted octanol–water partition coefficient (Wildman–Crippen LogP) is 2.16. The predicted molar refractivity (Wildman–Crippen MR) is 61.6 cm³/mol. The van der Waals surface area contributed by atoms with Gasteiger partial charge in [0.25, 0.3) is 5.89 Å². The molecule has 5 nitrogen and oxygen atoms in total. The topological polar surface area (TPSA) is 68.4 Å². The number of ether oxygens (including phenoxy) is 1. The van der Waals surface area contributed by atoms with Crippen molar-refractivity contribution in [1.29, 1.82) is 0 Å². The SMILES string of the molecule is CCOCCc1noc(-c2ccc(O)cc2F)n1. The Bertz CT molecular complexity index is 528. The van der Waals surface area contributed by atoms with E-state index in [9.17, 15) is 4.39 Å². The van der Waals surface area contributed by atoms with Gasteiger partial charge < -0.3 is 14.4 Å². The fraction of sp³-hybridized carbons (Fsp3) is 0.333. The molecule has 2 aromatic rings. The van der Waals surface area contributed by atoms with Crippen LogP contribution >= 0.6 is 0 Å². The summed E-state index contributed by atoms with van der Waals surface area (Å²) in [5.74, 6) is -0.188. The fourth-order valence-corrected chi connectivity index (χ4v) is 1.45. The molecule has 0 aliphatic rings. The number of phenolic OH excluding ortho intramolecular Hbond substituents is 1. The number of phenols is 1. The van der Waals surface area contributed by atoms with E-state index in [1.54, 1.807) is 0 Å². The zero-order chi connectivity index (χ0) is 13.0. The van der Waals surface area contributed by atoms with Crippen molar-refractivity contribution in [3.63, 3.8) is 0 Å². The van der Waals surface area contributed by atoms with Gasteiger partial charge in [-0.3, -0.25) is 0 Å². The molecule has 6 heteroatoms. The Morgan fingerprint density at radius 1 is 1.44 bits per heavy atom. The highest BCUT2D eigenvalue weighted by atomic mass is 19.1. The van der Waals surface area contributed by atoms with E-state index in [0.717, 1.165) is 6.07 Å². The van der Waals surface area contributed by atoms with Crippen molar-refractivity contribution in [3.8, 4) is 17.2 Å². The van der Waals surface area contributed by atoms with Gasteiger partial charge in [0, 0.05) is 19.1 Å². The smallest absolute Gasteiger partial charge is 0.260 e. The summed E-state index contributed by atoms with van der Waals surface area (Å²) in [6.45, 7) is 3.01. The lowest BCUT2D eigenvalue weighted by Gasteiger charge is -1.97. The number of hydrogen-bond donors (Lipinski definition) is 1. The summed E-state index contributed by atoms with van der Waals surface area (Å²) in [7, 11) is 0. The highest BCUT2D eigenvalue weighted by molar-refractivity contribution is 5.55. The van der Waals surface area contributed by atoms with Crippen LogP contribution in [-0.2, 0) is 11.2 Å². The largest absolute Gasteiger partial charge is 0.508 e. The summed E-state index contributed by atoms with van der Waals surface area (Å²) in [5, 5.41) is 12.8. The summed E-state index contributed by atoms with van der Waals surface area (Å²) >= 11 is 0. The Hall–Kier alpha value is -1.95. The van der Waals surface area contributed by atoms with E-state index in [1.165, 1.54) is 12.1 Å².